The lowest BCUT2D eigenvalue weighted by Crippen LogP contribution is -2.60. The van der Waals surface area contributed by atoms with Gasteiger partial charge in [-0.3, -0.25) is 4.90 Å². The number of nitrogens with one attached hydrogen (secondary N) is 1. The first-order valence-electron chi connectivity index (χ1n) is 8.33. The molecule has 1 aliphatic heterocycles. The molecule has 2 nitrogen and oxygen atoms in total. The minimum Gasteiger partial charge on any atom is -0.311 e. The molecule has 1 aliphatic carbocycles. The Hall–Kier alpha value is -0.0800. The summed E-state index contributed by atoms with van der Waals surface area (Å²) in [6.07, 6.45) is 5.72. The number of nitrogens with zero attached hydrogens (tertiary/aromatic N) is 1. The van der Waals surface area contributed by atoms with Crippen molar-refractivity contribution in [1.29, 1.82) is 0 Å². The molecule has 0 aromatic heterocycles. The summed E-state index contributed by atoms with van der Waals surface area (Å²) in [6.45, 7) is 15.6. The third-order valence-corrected chi connectivity index (χ3v) is 4.77. The van der Waals surface area contributed by atoms with Gasteiger partial charge in [0.05, 0.1) is 0 Å². The second kappa shape index (κ2) is 6.13. The van der Waals surface area contributed by atoms with Gasteiger partial charge in [0.15, 0.2) is 0 Å². The van der Waals surface area contributed by atoms with Gasteiger partial charge in [-0.05, 0) is 36.6 Å². The summed E-state index contributed by atoms with van der Waals surface area (Å²) in [7, 11) is 0. The summed E-state index contributed by atoms with van der Waals surface area (Å²) < 4.78 is 0. The Labute approximate surface area is 120 Å². The van der Waals surface area contributed by atoms with E-state index in [-0.39, 0.29) is 0 Å². The predicted octanol–water partition coefficient (Wildman–Crippen LogP) is 3.52. The minimum absolute atomic E-state index is 0.388. The van der Waals surface area contributed by atoms with Crippen LogP contribution >= 0.6 is 0 Å². The second-order valence-corrected chi connectivity index (χ2v) is 8.34. The Balaban J connectivity index is 1.91. The lowest BCUT2D eigenvalue weighted by atomic mass is 9.83. The third-order valence-electron chi connectivity index (χ3n) is 4.77. The maximum absolute atomic E-state index is 3.80. The normalized spacial score (nSPS) is 30.0. The monoisotopic (exact) mass is 266 g/mol. The van der Waals surface area contributed by atoms with Crippen molar-refractivity contribution < 1.29 is 0 Å². The molecule has 1 saturated heterocycles. The second-order valence-electron chi connectivity index (χ2n) is 8.34. The largest absolute Gasteiger partial charge is 0.311 e. The van der Waals surface area contributed by atoms with Crippen molar-refractivity contribution in [2.24, 2.45) is 17.3 Å². The first-order valence-corrected chi connectivity index (χ1v) is 8.33. The smallest absolute Gasteiger partial charge is 0.0269 e. The molecule has 0 aromatic rings. The van der Waals surface area contributed by atoms with E-state index in [1.807, 2.05) is 0 Å². The molecule has 1 heterocycles. The summed E-state index contributed by atoms with van der Waals surface area (Å²) >= 11 is 0. The van der Waals surface area contributed by atoms with Crippen LogP contribution in [0.1, 0.15) is 60.3 Å². The van der Waals surface area contributed by atoms with Crippen LogP contribution in [-0.4, -0.2) is 36.6 Å². The number of rotatable bonds is 5. The fraction of sp³-hybridized carbons (Fsp3) is 1.00. The summed E-state index contributed by atoms with van der Waals surface area (Å²) in [5.74, 6) is 1.85. The Morgan fingerprint density at radius 1 is 1.21 bits per heavy atom. The van der Waals surface area contributed by atoms with E-state index in [1.165, 1.54) is 45.3 Å². The van der Waals surface area contributed by atoms with Crippen molar-refractivity contribution in [3.63, 3.8) is 0 Å². The summed E-state index contributed by atoms with van der Waals surface area (Å²) in [5, 5.41) is 3.80. The molecule has 0 aromatic carbocycles. The highest BCUT2D eigenvalue weighted by molar-refractivity contribution is 4.93. The molecule has 0 amide bonds. The van der Waals surface area contributed by atoms with E-state index in [0.29, 0.717) is 17.5 Å². The minimum atomic E-state index is 0.388. The Morgan fingerprint density at radius 2 is 1.89 bits per heavy atom. The fourth-order valence-electron chi connectivity index (χ4n) is 3.47. The summed E-state index contributed by atoms with van der Waals surface area (Å²) in [4.78, 5) is 2.79. The SMILES string of the molecule is CC(C)CC1CN(CCC2CC2)C(C(C)(C)C)CN1. The van der Waals surface area contributed by atoms with Crippen LogP contribution in [0.3, 0.4) is 0 Å². The standard InChI is InChI=1S/C17H34N2/c1-13(2)10-15-12-19(9-8-14-6-7-14)16(11-18-15)17(3,4)5/h13-16,18H,6-12H2,1-5H3. The Bertz CT molecular complexity index is 275. The van der Waals surface area contributed by atoms with Gasteiger partial charge in [0, 0.05) is 25.2 Å². The van der Waals surface area contributed by atoms with Crippen LogP contribution in [0.15, 0.2) is 0 Å². The van der Waals surface area contributed by atoms with Crippen molar-refractivity contribution >= 4 is 0 Å². The molecule has 2 atom stereocenters. The zero-order valence-electron chi connectivity index (χ0n) is 13.7. The zero-order chi connectivity index (χ0) is 14.0. The number of hydrogen-bond donors (Lipinski definition) is 1. The van der Waals surface area contributed by atoms with E-state index in [2.05, 4.69) is 44.8 Å². The summed E-state index contributed by atoms with van der Waals surface area (Å²) in [5.41, 5.74) is 0.388. The van der Waals surface area contributed by atoms with Crippen LogP contribution in [-0.2, 0) is 0 Å². The lowest BCUT2D eigenvalue weighted by molar-refractivity contribution is 0.0494. The molecule has 0 spiro atoms. The van der Waals surface area contributed by atoms with E-state index in [4.69, 9.17) is 0 Å². The molecule has 0 bridgehead atoms. The van der Waals surface area contributed by atoms with Crippen LogP contribution in [0, 0.1) is 17.3 Å². The molecule has 19 heavy (non-hydrogen) atoms. The first kappa shape index (κ1) is 15.3. The van der Waals surface area contributed by atoms with Gasteiger partial charge in [0.2, 0.25) is 0 Å². The van der Waals surface area contributed by atoms with Crippen LogP contribution in [0.25, 0.3) is 0 Å². The number of piperazine rings is 1. The van der Waals surface area contributed by atoms with Gasteiger partial charge in [0.25, 0.3) is 0 Å². The zero-order valence-corrected chi connectivity index (χ0v) is 13.7. The third kappa shape index (κ3) is 4.75. The molecule has 2 aliphatic rings. The highest BCUT2D eigenvalue weighted by atomic mass is 15.2. The lowest BCUT2D eigenvalue weighted by Gasteiger charge is -2.47. The van der Waals surface area contributed by atoms with Crippen LogP contribution in [0.4, 0.5) is 0 Å². The van der Waals surface area contributed by atoms with Gasteiger partial charge in [-0.2, -0.15) is 0 Å². The van der Waals surface area contributed by atoms with E-state index >= 15 is 0 Å². The van der Waals surface area contributed by atoms with Gasteiger partial charge >= 0.3 is 0 Å². The van der Waals surface area contributed by atoms with Crippen molar-refractivity contribution in [3.8, 4) is 0 Å². The molecule has 2 fully saturated rings. The van der Waals surface area contributed by atoms with Gasteiger partial charge < -0.3 is 5.32 Å². The maximum Gasteiger partial charge on any atom is 0.0269 e. The van der Waals surface area contributed by atoms with E-state index in [0.717, 1.165) is 11.8 Å². The maximum atomic E-state index is 3.80. The highest BCUT2D eigenvalue weighted by Gasteiger charge is 2.36. The fourth-order valence-corrected chi connectivity index (χ4v) is 3.47. The molecule has 1 N–H and O–H groups in total. The van der Waals surface area contributed by atoms with E-state index < -0.39 is 0 Å². The van der Waals surface area contributed by atoms with Crippen LogP contribution in [0.5, 0.6) is 0 Å². The van der Waals surface area contributed by atoms with Crippen molar-refractivity contribution in [1.82, 2.24) is 10.2 Å². The van der Waals surface area contributed by atoms with Crippen molar-refractivity contribution in [2.45, 2.75) is 72.4 Å². The average Bonchev–Trinajstić information content (AvgIpc) is 3.07. The van der Waals surface area contributed by atoms with Gasteiger partial charge in [-0.25, -0.2) is 0 Å². The Morgan fingerprint density at radius 3 is 2.42 bits per heavy atom. The van der Waals surface area contributed by atoms with E-state index in [1.54, 1.807) is 0 Å². The molecule has 1 saturated carbocycles. The van der Waals surface area contributed by atoms with E-state index in [9.17, 15) is 0 Å². The molecular weight excluding hydrogens is 232 g/mol. The molecule has 2 unspecified atom stereocenters. The molecule has 112 valence electrons. The van der Waals surface area contributed by atoms with Crippen LogP contribution in [0.2, 0.25) is 0 Å². The van der Waals surface area contributed by atoms with Crippen LogP contribution < -0.4 is 5.32 Å². The highest BCUT2D eigenvalue weighted by Crippen LogP contribution is 2.34. The molecule has 0 radical (unpaired) electrons. The topological polar surface area (TPSA) is 15.3 Å². The first-order chi connectivity index (χ1) is 8.86. The average molecular weight is 266 g/mol. The molecular formula is C17H34N2. The number of hydrogen-bond acceptors (Lipinski definition) is 2. The summed E-state index contributed by atoms with van der Waals surface area (Å²) in [6, 6.07) is 1.41. The molecule has 2 rings (SSSR count). The Kier molecular flexibility index (Phi) is 4.94. The van der Waals surface area contributed by atoms with Gasteiger partial charge in [0.1, 0.15) is 0 Å². The quantitative estimate of drug-likeness (QED) is 0.819. The predicted molar refractivity (Wildman–Crippen MR) is 83.4 cm³/mol. The molecule has 2 heteroatoms. The van der Waals surface area contributed by atoms with Gasteiger partial charge in [-0.1, -0.05) is 47.5 Å². The van der Waals surface area contributed by atoms with Crippen molar-refractivity contribution in [3.05, 3.63) is 0 Å². The van der Waals surface area contributed by atoms with Gasteiger partial charge in [-0.15, -0.1) is 0 Å². The van der Waals surface area contributed by atoms with Crippen molar-refractivity contribution in [2.75, 3.05) is 19.6 Å².